The van der Waals surface area contributed by atoms with E-state index in [-0.39, 0.29) is 17.9 Å². The van der Waals surface area contributed by atoms with Gasteiger partial charge in [0.15, 0.2) is 5.44 Å². The second kappa shape index (κ2) is 14.3. The molecule has 0 heterocycles. The number of nitrogens with two attached hydrogens (primary N) is 1. The molecule has 0 spiro atoms. The third-order valence-corrected chi connectivity index (χ3v) is 8.66. The molecule has 2 aromatic rings. The molecule has 5 nitrogen and oxygen atoms in total. The summed E-state index contributed by atoms with van der Waals surface area (Å²) in [5.41, 5.74) is 0.168. The van der Waals surface area contributed by atoms with E-state index in [0.717, 1.165) is 56.9 Å². The Hall–Kier alpha value is -1.73. The number of primary sulfonamides is 1. The van der Waals surface area contributed by atoms with Gasteiger partial charge in [0.2, 0.25) is 10.0 Å². The molecule has 4 N–H and O–H groups in total. The second-order valence-corrected chi connectivity index (χ2v) is 12.7. The van der Waals surface area contributed by atoms with Crippen molar-refractivity contribution in [2.75, 3.05) is 0 Å². The maximum atomic E-state index is 11.7. The van der Waals surface area contributed by atoms with E-state index in [1.807, 2.05) is 43.3 Å². The van der Waals surface area contributed by atoms with Crippen molar-refractivity contribution in [3.8, 4) is 0 Å². The summed E-state index contributed by atoms with van der Waals surface area (Å²) in [6.07, 6.45) is 9.28. The summed E-state index contributed by atoms with van der Waals surface area (Å²) >= 11 is 0. The minimum Gasteiger partial charge on any atom is -0.393 e. The van der Waals surface area contributed by atoms with E-state index in [1.54, 1.807) is 0 Å². The van der Waals surface area contributed by atoms with E-state index >= 15 is 0 Å². The van der Waals surface area contributed by atoms with Gasteiger partial charge in [0.05, 0.1) is 6.10 Å². The van der Waals surface area contributed by atoms with Crippen LogP contribution in [0.2, 0.25) is 0 Å². The van der Waals surface area contributed by atoms with Crippen molar-refractivity contribution in [3.05, 3.63) is 71.8 Å². The lowest BCUT2D eigenvalue weighted by Gasteiger charge is -2.33. The molecule has 0 aliphatic rings. The Kier molecular flexibility index (Phi) is 12.1. The standard InChI is InChI=1S/C30H47NO4S/c1-4-5-14-21-29(2,25-16-9-6-10-17-25)23-27(32)20-13-8-15-22-30(3,24-28(33)36(31,34)35)26-18-11-7-12-19-26/h6-7,9-12,16-19,27-28,32-33H,4-5,8,13-15,20-24H2,1-3H3,(H2,31,34,35). The molecule has 0 bridgehead atoms. The van der Waals surface area contributed by atoms with Gasteiger partial charge in [0.1, 0.15) is 0 Å². The minimum atomic E-state index is -4.02. The summed E-state index contributed by atoms with van der Waals surface area (Å²) in [5.74, 6) is 0. The number of aliphatic hydroxyl groups is 2. The Morgan fingerprint density at radius 3 is 1.69 bits per heavy atom. The lowest BCUT2D eigenvalue weighted by molar-refractivity contribution is 0.118. The zero-order valence-electron chi connectivity index (χ0n) is 22.4. The molecule has 4 atom stereocenters. The van der Waals surface area contributed by atoms with Crippen LogP contribution in [0.25, 0.3) is 0 Å². The molecule has 0 amide bonds. The Morgan fingerprint density at radius 1 is 0.750 bits per heavy atom. The molecule has 4 unspecified atom stereocenters. The predicted octanol–water partition coefficient (Wildman–Crippen LogP) is 6.18. The fourth-order valence-electron chi connectivity index (χ4n) is 5.37. The van der Waals surface area contributed by atoms with Crippen LogP contribution in [0, 0.1) is 0 Å². The molecule has 0 aromatic heterocycles. The largest absolute Gasteiger partial charge is 0.393 e. The van der Waals surface area contributed by atoms with Gasteiger partial charge in [0.25, 0.3) is 0 Å². The molecule has 202 valence electrons. The number of unbranched alkanes of at least 4 members (excludes halogenated alkanes) is 4. The fourth-order valence-corrected chi connectivity index (χ4v) is 5.97. The zero-order chi connectivity index (χ0) is 26.7. The van der Waals surface area contributed by atoms with Crippen molar-refractivity contribution in [2.24, 2.45) is 5.14 Å². The van der Waals surface area contributed by atoms with Gasteiger partial charge >= 0.3 is 0 Å². The maximum absolute atomic E-state index is 11.7. The first-order valence-electron chi connectivity index (χ1n) is 13.5. The van der Waals surface area contributed by atoms with Crippen molar-refractivity contribution in [1.29, 1.82) is 0 Å². The van der Waals surface area contributed by atoms with E-state index in [4.69, 9.17) is 5.14 Å². The number of benzene rings is 2. The van der Waals surface area contributed by atoms with Crippen molar-refractivity contribution < 1.29 is 18.6 Å². The van der Waals surface area contributed by atoms with Gasteiger partial charge in [-0.15, -0.1) is 0 Å². The SMILES string of the molecule is CCCCCC(C)(CC(O)CCCCCC(C)(CC(O)S(N)(=O)=O)c1ccccc1)c1ccccc1. The quantitative estimate of drug-likeness (QED) is 0.218. The number of hydrogen-bond acceptors (Lipinski definition) is 4. The van der Waals surface area contributed by atoms with Crippen LogP contribution in [-0.2, 0) is 20.9 Å². The average Bonchev–Trinajstić information content (AvgIpc) is 2.84. The third-order valence-electron chi connectivity index (χ3n) is 7.73. The fraction of sp³-hybridized carbons (Fsp3) is 0.600. The van der Waals surface area contributed by atoms with Crippen LogP contribution in [-0.4, -0.2) is 30.2 Å². The molecule has 0 saturated carbocycles. The topological polar surface area (TPSA) is 101 Å². The summed E-state index contributed by atoms with van der Waals surface area (Å²) in [7, 11) is -4.02. The molecule has 2 rings (SSSR count). The summed E-state index contributed by atoms with van der Waals surface area (Å²) < 4.78 is 23.4. The Balaban J connectivity index is 1.92. The van der Waals surface area contributed by atoms with Crippen LogP contribution in [0.15, 0.2) is 60.7 Å². The highest BCUT2D eigenvalue weighted by Gasteiger charge is 2.33. The van der Waals surface area contributed by atoms with E-state index < -0.39 is 20.9 Å². The van der Waals surface area contributed by atoms with Crippen LogP contribution in [0.4, 0.5) is 0 Å². The Bertz CT molecular complexity index is 983. The molecule has 0 fully saturated rings. The monoisotopic (exact) mass is 517 g/mol. The summed E-state index contributed by atoms with van der Waals surface area (Å²) in [5, 5.41) is 26.3. The summed E-state index contributed by atoms with van der Waals surface area (Å²) in [4.78, 5) is 0. The predicted molar refractivity (Wildman–Crippen MR) is 149 cm³/mol. The van der Waals surface area contributed by atoms with Gasteiger partial charge in [-0.25, -0.2) is 13.6 Å². The molecular weight excluding hydrogens is 470 g/mol. The summed E-state index contributed by atoms with van der Waals surface area (Å²) in [6.45, 7) is 6.49. The highest BCUT2D eigenvalue weighted by Crippen LogP contribution is 2.37. The van der Waals surface area contributed by atoms with Gasteiger partial charge in [-0.05, 0) is 54.1 Å². The van der Waals surface area contributed by atoms with Gasteiger partial charge in [-0.1, -0.05) is 120 Å². The van der Waals surface area contributed by atoms with Gasteiger partial charge < -0.3 is 10.2 Å². The molecular formula is C30H47NO4S. The van der Waals surface area contributed by atoms with Crippen molar-refractivity contribution >= 4 is 10.0 Å². The maximum Gasteiger partial charge on any atom is 0.235 e. The van der Waals surface area contributed by atoms with Crippen LogP contribution in [0.3, 0.4) is 0 Å². The first-order valence-corrected chi connectivity index (χ1v) is 15.1. The van der Waals surface area contributed by atoms with Crippen LogP contribution in [0.1, 0.15) is 103 Å². The van der Waals surface area contributed by atoms with Crippen molar-refractivity contribution in [1.82, 2.24) is 0 Å². The lowest BCUT2D eigenvalue weighted by Crippen LogP contribution is -2.36. The smallest absolute Gasteiger partial charge is 0.235 e. The number of aliphatic hydroxyl groups excluding tert-OH is 2. The van der Waals surface area contributed by atoms with Crippen LogP contribution >= 0.6 is 0 Å². The minimum absolute atomic E-state index is 0.0361. The van der Waals surface area contributed by atoms with Crippen LogP contribution < -0.4 is 5.14 Å². The normalized spacial score (nSPS) is 17.2. The van der Waals surface area contributed by atoms with Crippen LogP contribution in [0.5, 0.6) is 0 Å². The highest BCUT2D eigenvalue weighted by molar-refractivity contribution is 7.89. The molecule has 36 heavy (non-hydrogen) atoms. The highest BCUT2D eigenvalue weighted by atomic mass is 32.2. The van der Waals surface area contributed by atoms with E-state index in [0.29, 0.717) is 0 Å². The third kappa shape index (κ3) is 9.62. The Morgan fingerprint density at radius 2 is 1.22 bits per heavy atom. The number of rotatable bonds is 17. The number of sulfonamides is 1. The molecule has 0 saturated heterocycles. The molecule has 0 aliphatic heterocycles. The van der Waals surface area contributed by atoms with Gasteiger partial charge in [-0.2, -0.15) is 0 Å². The van der Waals surface area contributed by atoms with E-state index in [9.17, 15) is 18.6 Å². The van der Waals surface area contributed by atoms with Gasteiger partial charge in [-0.3, -0.25) is 0 Å². The van der Waals surface area contributed by atoms with Crippen molar-refractivity contribution in [2.45, 2.75) is 114 Å². The molecule has 0 radical (unpaired) electrons. The summed E-state index contributed by atoms with van der Waals surface area (Å²) in [6, 6.07) is 20.3. The second-order valence-electron chi connectivity index (χ2n) is 11.0. The lowest BCUT2D eigenvalue weighted by atomic mass is 9.73. The van der Waals surface area contributed by atoms with E-state index in [1.165, 1.54) is 18.4 Å². The number of hydrogen-bond donors (Lipinski definition) is 3. The average molecular weight is 518 g/mol. The first-order chi connectivity index (χ1) is 17.0. The molecule has 2 aromatic carbocycles. The first kappa shape index (κ1) is 30.5. The van der Waals surface area contributed by atoms with Gasteiger partial charge in [0, 0.05) is 0 Å². The molecule has 0 aliphatic carbocycles. The van der Waals surface area contributed by atoms with Crippen molar-refractivity contribution in [3.63, 3.8) is 0 Å². The van der Waals surface area contributed by atoms with E-state index in [2.05, 4.69) is 38.1 Å². The Labute approximate surface area is 219 Å². The zero-order valence-corrected chi connectivity index (χ0v) is 23.2. The molecule has 6 heteroatoms.